The van der Waals surface area contributed by atoms with Gasteiger partial charge in [0, 0.05) is 24.5 Å². The molecule has 1 aromatic carbocycles. The van der Waals surface area contributed by atoms with Crippen molar-refractivity contribution in [3.8, 4) is 0 Å². The Hall–Kier alpha value is -1.34. The number of sulfonamides is 1. The van der Waals surface area contributed by atoms with Crippen molar-refractivity contribution in [3.05, 3.63) is 24.3 Å². The number of rotatable bonds is 6. The molecule has 1 aromatic rings. The third-order valence-corrected chi connectivity index (χ3v) is 5.95. The summed E-state index contributed by atoms with van der Waals surface area (Å²) in [5, 5.41) is -0.842. The molecule has 21 heavy (non-hydrogen) atoms. The molecule has 0 radical (unpaired) electrons. The molecule has 0 aromatic heterocycles. The Balaban J connectivity index is 2.10. The summed E-state index contributed by atoms with van der Waals surface area (Å²) in [6.45, 7) is 3.87. The Bertz CT molecular complexity index is 593. The van der Waals surface area contributed by atoms with Gasteiger partial charge in [-0.25, -0.2) is 8.42 Å². The van der Waals surface area contributed by atoms with Crippen molar-refractivity contribution < 1.29 is 8.42 Å². The molecule has 0 aliphatic carbocycles. The number of nitrogens with two attached hydrogens (primary N) is 1. The molecule has 0 bridgehead atoms. The Kier molecular flexibility index (Phi) is 5.05. The highest BCUT2D eigenvalue weighted by molar-refractivity contribution is 7.95. The third kappa shape index (κ3) is 3.85. The zero-order chi connectivity index (χ0) is 15.5. The van der Waals surface area contributed by atoms with Crippen LogP contribution >= 0.6 is 12.2 Å². The highest BCUT2D eigenvalue weighted by atomic mass is 32.2. The Morgan fingerprint density at radius 1 is 1.33 bits per heavy atom. The molecular formula is C14H21N3O2S2. The summed E-state index contributed by atoms with van der Waals surface area (Å²) < 4.78 is 27.0. The monoisotopic (exact) mass is 327 g/mol. The first-order chi connectivity index (χ1) is 9.94. The number of anilines is 2. The normalized spacial score (nSPS) is 16.7. The molecule has 116 valence electrons. The summed E-state index contributed by atoms with van der Waals surface area (Å²) in [6.07, 6.45) is 2.78. The first-order valence-electron chi connectivity index (χ1n) is 7.10. The van der Waals surface area contributed by atoms with Crippen molar-refractivity contribution in [2.75, 3.05) is 22.7 Å². The number of benzene rings is 1. The van der Waals surface area contributed by atoms with Gasteiger partial charge in [0.1, 0.15) is 5.25 Å². The molecule has 0 spiro atoms. The molecule has 1 aliphatic rings. The highest BCUT2D eigenvalue weighted by Gasteiger charge is 2.26. The number of hydrogen-bond acceptors (Lipinski definition) is 4. The molecular weight excluding hydrogens is 306 g/mol. The van der Waals surface area contributed by atoms with E-state index in [2.05, 4.69) is 9.62 Å². The van der Waals surface area contributed by atoms with Crippen LogP contribution in [0.4, 0.5) is 11.4 Å². The largest absolute Gasteiger partial charge is 0.392 e. The molecule has 1 heterocycles. The fourth-order valence-electron chi connectivity index (χ4n) is 2.52. The Labute approximate surface area is 131 Å². The van der Waals surface area contributed by atoms with Crippen LogP contribution in [0.5, 0.6) is 0 Å². The average Bonchev–Trinajstić information content (AvgIpc) is 2.92. The van der Waals surface area contributed by atoms with Crippen molar-refractivity contribution in [1.29, 1.82) is 0 Å². The number of thiocarbonyl (C=S) groups is 1. The van der Waals surface area contributed by atoms with Gasteiger partial charge in [0.25, 0.3) is 0 Å². The van der Waals surface area contributed by atoms with Crippen LogP contribution in [0.1, 0.15) is 26.2 Å². The summed E-state index contributed by atoms with van der Waals surface area (Å²) in [5.41, 5.74) is 7.16. The molecule has 1 aliphatic heterocycles. The minimum atomic E-state index is -3.59. The van der Waals surface area contributed by atoms with E-state index in [4.69, 9.17) is 18.0 Å². The summed E-state index contributed by atoms with van der Waals surface area (Å²) in [7, 11) is -3.59. The maximum Gasteiger partial charge on any atom is 0.242 e. The Morgan fingerprint density at radius 3 is 2.38 bits per heavy atom. The smallest absolute Gasteiger partial charge is 0.242 e. The molecule has 0 amide bonds. The predicted octanol–water partition coefficient (Wildman–Crippen LogP) is 2.09. The van der Waals surface area contributed by atoms with Crippen LogP contribution in [-0.4, -0.2) is 31.7 Å². The SMILES string of the molecule is CCC(C(N)=S)S(=O)(=O)Nc1ccc(N2CCCC2)cc1. The van der Waals surface area contributed by atoms with Crippen molar-refractivity contribution in [1.82, 2.24) is 0 Å². The molecule has 1 unspecified atom stereocenters. The van der Waals surface area contributed by atoms with Gasteiger partial charge in [0.2, 0.25) is 10.0 Å². The summed E-state index contributed by atoms with van der Waals surface area (Å²) in [4.78, 5) is 2.29. The van der Waals surface area contributed by atoms with Crippen molar-refractivity contribution in [2.24, 2.45) is 5.73 Å². The van der Waals surface area contributed by atoms with Gasteiger partial charge >= 0.3 is 0 Å². The quantitative estimate of drug-likeness (QED) is 0.783. The van der Waals surface area contributed by atoms with Gasteiger partial charge in [-0.2, -0.15) is 0 Å². The summed E-state index contributed by atoms with van der Waals surface area (Å²) in [5.74, 6) is 0. The standard InChI is InChI=1S/C14H21N3O2S2/c1-2-13(14(15)20)21(18,19)16-11-5-7-12(8-6-11)17-9-3-4-10-17/h5-8,13,16H,2-4,9-10H2,1H3,(H2,15,20). The van der Waals surface area contributed by atoms with Crippen LogP contribution < -0.4 is 15.4 Å². The zero-order valence-electron chi connectivity index (χ0n) is 12.1. The zero-order valence-corrected chi connectivity index (χ0v) is 13.7. The van der Waals surface area contributed by atoms with E-state index in [1.165, 1.54) is 12.8 Å². The molecule has 2 rings (SSSR count). The van der Waals surface area contributed by atoms with Crippen LogP contribution in [0.25, 0.3) is 0 Å². The summed E-state index contributed by atoms with van der Waals surface area (Å²) >= 11 is 4.83. The second-order valence-electron chi connectivity index (χ2n) is 5.19. The van der Waals surface area contributed by atoms with E-state index in [-0.39, 0.29) is 4.99 Å². The van der Waals surface area contributed by atoms with Gasteiger partial charge in [-0.3, -0.25) is 4.72 Å². The first-order valence-corrected chi connectivity index (χ1v) is 9.05. The lowest BCUT2D eigenvalue weighted by atomic mass is 10.2. The minimum Gasteiger partial charge on any atom is -0.392 e. The predicted molar refractivity (Wildman–Crippen MR) is 91.3 cm³/mol. The molecule has 3 N–H and O–H groups in total. The lowest BCUT2D eigenvalue weighted by Gasteiger charge is -2.19. The lowest BCUT2D eigenvalue weighted by Crippen LogP contribution is -2.37. The van der Waals surface area contributed by atoms with Gasteiger partial charge in [0.15, 0.2) is 0 Å². The third-order valence-electron chi connectivity index (χ3n) is 3.66. The van der Waals surface area contributed by atoms with Gasteiger partial charge < -0.3 is 10.6 Å². The fourth-order valence-corrected chi connectivity index (χ4v) is 4.42. The van der Waals surface area contributed by atoms with Crippen LogP contribution in [0, 0.1) is 0 Å². The van der Waals surface area contributed by atoms with E-state index in [0.29, 0.717) is 12.1 Å². The van der Waals surface area contributed by atoms with Crippen LogP contribution in [0.15, 0.2) is 24.3 Å². The average molecular weight is 327 g/mol. The molecule has 7 heteroatoms. The minimum absolute atomic E-state index is 0.00122. The number of nitrogens with zero attached hydrogens (tertiary/aromatic N) is 1. The van der Waals surface area contributed by atoms with Gasteiger partial charge in [-0.05, 0) is 43.5 Å². The fraction of sp³-hybridized carbons (Fsp3) is 0.500. The van der Waals surface area contributed by atoms with Gasteiger partial charge in [-0.1, -0.05) is 19.1 Å². The maximum atomic E-state index is 12.2. The van der Waals surface area contributed by atoms with Gasteiger partial charge in [-0.15, -0.1) is 0 Å². The molecule has 0 saturated carbocycles. The second-order valence-corrected chi connectivity index (χ2v) is 7.52. The lowest BCUT2D eigenvalue weighted by molar-refractivity contribution is 0.594. The van der Waals surface area contributed by atoms with Crippen LogP contribution in [0.3, 0.4) is 0 Å². The molecule has 1 saturated heterocycles. The van der Waals surface area contributed by atoms with E-state index in [1.807, 2.05) is 12.1 Å². The van der Waals surface area contributed by atoms with Crippen LogP contribution in [0.2, 0.25) is 0 Å². The molecule has 5 nitrogen and oxygen atoms in total. The maximum absolute atomic E-state index is 12.2. The number of hydrogen-bond donors (Lipinski definition) is 2. The van der Waals surface area contributed by atoms with E-state index < -0.39 is 15.3 Å². The van der Waals surface area contributed by atoms with Crippen molar-refractivity contribution >= 4 is 38.6 Å². The Morgan fingerprint density at radius 2 is 1.90 bits per heavy atom. The first kappa shape index (κ1) is 16.0. The van der Waals surface area contributed by atoms with E-state index in [1.54, 1.807) is 19.1 Å². The van der Waals surface area contributed by atoms with Gasteiger partial charge in [0.05, 0.1) is 4.99 Å². The summed E-state index contributed by atoms with van der Waals surface area (Å²) in [6, 6.07) is 7.42. The highest BCUT2D eigenvalue weighted by Crippen LogP contribution is 2.23. The second kappa shape index (κ2) is 6.62. The van der Waals surface area contributed by atoms with Crippen molar-refractivity contribution in [3.63, 3.8) is 0 Å². The molecule has 1 atom stereocenters. The van der Waals surface area contributed by atoms with Crippen LogP contribution in [-0.2, 0) is 10.0 Å². The van der Waals surface area contributed by atoms with Crippen molar-refractivity contribution in [2.45, 2.75) is 31.4 Å². The van der Waals surface area contributed by atoms with E-state index >= 15 is 0 Å². The van der Waals surface area contributed by atoms with E-state index in [0.717, 1.165) is 18.8 Å². The number of nitrogens with one attached hydrogen (secondary N) is 1. The van der Waals surface area contributed by atoms with E-state index in [9.17, 15) is 8.42 Å². The topological polar surface area (TPSA) is 75.4 Å². The molecule has 1 fully saturated rings.